The molecule has 0 spiro atoms. The first-order valence-electron chi connectivity index (χ1n) is 7.63. The fraction of sp³-hybridized carbons (Fsp3) is 0. The lowest BCUT2D eigenvalue weighted by molar-refractivity contribution is 0.0697. The zero-order valence-corrected chi connectivity index (χ0v) is 15.7. The van der Waals surface area contributed by atoms with Crippen molar-refractivity contribution < 1.29 is 27.9 Å². The summed E-state index contributed by atoms with van der Waals surface area (Å²) in [5, 5.41) is 10.1. The van der Waals surface area contributed by atoms with Gasteiger partial charge in [0, 0.05) is 17.0 Å². The number of nitrogens with two attached hydrogens (primary N) is 1. The molecule has 0 aliphatic heterocycles. The molecule has 3 aromatic rings. The number of amides is 1. The molecule has 0 saturated heterocycles. The maximum atomic E-state index is 12.3. The van der Waals surface area contributed by atoms with Crippen molar-refractivity contribution in [2.45, 2.75) is 4.21 Å². The molecule has 2 aromatic heterocycles. The molecule has 9 nitrogen and oxygen atoms in total. The maximum absolute atomic E-state index is 12.3. The Morgan fingerprint density at radius 2 is 1.93 bits per heavy atom. The second-order valence-electron chi connectivity index (χ2n) is 5.44. The largest absolute Gasteiger partial charge is 0.478 e. The molecule has 144 valence electrons. The summed E-state index contributed by atoms with van der Waals surface area (Å²) in [6, 6.07) is 10.2. The Bertz CT molecular complexity index is 1140. The van der Waals surface area contributed by atoms with Gasteiger partial charge in [-0.3, -0.25) is 9.52 Å². The molecule has 0 aliphatic rings. The number of pyridine rings is 1. The van der Waals surface area contributed by atoms with Gasteiger partial charge in [-0.05, 0) is 30.3 Å². The van der Waals surface area contributed by atoms with Gasteiger partial charge in [0.2, 0.25) is 11.8 Å². The quantitative estimate of drug-likeness (QED) is 0.533. The van der Waals surface area contributed by atoms with Crippen molar-refractivity contribution in [3.05, 3.63) is 65.2 Å². The number of primary amides is 1. The molecule has 0 unspecified atom stereocenters. The number of anilines is 1. The van der Waals surface area contributed by atoms with Crippen molar-refractivity contribution in [3.8, 4) is 11.6 Å². The minimum absolute atomic E-state index is 0.106. The lowest BCUT2D eigenvalue weighted by Gasteiger charge is -2.08. The summed E-state index contributed by atoms with van der Waals surface area (Å²) in [6.45, 7) is 0. The van der Waals surface area contributed by atoms with E-state index in [4.69, 9.17) is 15.6 Å². The second kappa shape index (κ2) is 7.66. The van der Waals surface area contributed by atoms with Gasteiger partial charge >= 0.3 is 5.97 Å². The summed E-state index contributed by atoms with van der Waals surface area (Å²) in [5.74, 6) is -1.28. The Balaban J connectivity index is 1.72. The summed E-state index contributed by atoms with van der Waals surface area (Å²) in [5.41, 5.74) is 5.55. The van der Waals surface area contributed by atoms with Crippen LogP contribution in [0.15, 0.2) is 58.3 Å². The van der Waals surface area contributed by atoms with E-state index in [1.165, 1.54) is 29.8 Å². The number of benzene rings is 1. The molecule has 0 bridgehead atoms. The van der Waals surface area contributed by atoms with Crippen molar-refractivity contribution in [2.24, 2.45) is 5.73 Å². The normalized spacial score (nSPS) is 11.0. The third kappa shape index (κ3) is 4.45. The Hall–Kier alpha value is -3.44. The molecule has 28 heavy (non-hydrogen) atoms. The smallest absolute Gasteiger partial charge is 0.336 e. The Labute approximate surface area is 163 Å². The van der Waals surface area contributed by atoms with E-state index >= 15 is 0 Å². The molecule has 0 saturated carbocycles. The van der Waals surface area contributed by atoms with Crippen LogP contribution < -0.4 is 15.2 Å². The molecular formula is C17H13N3O6S2. The van der Waals surface area contributed by atoms with Crippen LogP contribution in [-0.2, 0) is 10.0 Å². The zero-order valence-electron chi connectivity index (χ0n) is 14.0. The first-order chi connectivity index (χ1) is 13.2. The van der Waals surface area contributed by atoms with Crippen LogP contribution in [0.2, 0.25) is 0 Å². The number of nitrogens with one attached hydrogen (secondary N) is 1. The molecule has 1 aromatic carbocycles. The number of aromatic carboxylic acids is 1. The fourth-order valence-electron chi connectivity index (χ4n) is 2.11. The number of carbonyl (C=O) groups is 2. The molecule has 4 N–H and O–H groups in total. The van der Waals surface area contributed by atoms with Crippen LogP contribution in [-0.4, -0.2) is 30.4 Å². The van der Waals surface area contributed by atoms with E-state index in [-0.39, 0.29) is 26.9 Å². The third-order valence-corrected chi connectivity index (χ3v) is 6.24. The first kappa shape index (κ1) is 19.3. The predicted molar refractivity (Wildman–Crippen MR) is 101 cm³/mol. The number of nitrogens with zero attached hydrogens (tertiary/aromatic N) is 1. The van der Waals surface area contributed by atoms with E-state index < -0.39 is 21.9 Å². The predicted octanol–water partition coefficient (Wildman–Crippen LogP) is 2.53. The lowest BCUT2D eigenvalue weighted by Crippen LogP contribution is -2.11. The van der Waals surface area contributed by atoms with Gasteiger partial charge in [0.15, 0.2) is 0 Å². The standard InChI is InChI=1S/C17H13N3O6S2/c18-16(21)10-2-1-3-13(6-10)26-14-5-4-12(8-19-14)20-28(24,25)15-7-11(9-27-15)17(22)23/h1-9,20H,(H2,18,21)(H,22,23). The number of carboxylic acid groups (broad SMARTS) is 1. The summed E-state index contributed by atoms with van der Waals surface area (Å²) in [7, 11) is -3.94. The molecule has 1 amide bonds. The van der Waals surface area contributed by atoms with Crippen LogP contribution in [0, 0.1) is 0 Å². The summed E-state index contributed by atoms with van der Waals surface area (Å²) < 4.78 is 32.3. The highest BCUT2D eigenvalue weighted by atomic mass is 32.2. The van der Waals surface area contributed by atoms with Gasteiger partial charge in [0.1, 0.15) is 9.96 Å². The van der Waals surface area contributed by atoms with E-state index in [9.17, 15) is 18.0 Å². The number of rotatable bonds is 7. The molecule has 0 atom stereocenters. The molecule has 0 aliphatic carbocycles. The van der Waals surface area contributed by atoms with Crippen molar-refractivity contribution in [1.82, 2.24) is 4.98 Å². The monoisotopic (exact) mass is 419 g/mol. The van der Waals surface area contributed by atoms with Gasteiger partial charge < -0.3 is 15.6 Å². The molecule has 3 rings (SSSR count). The summed E-state index contributed by atoms with van der Waals surface area (Å²) in [6.07, 6.45) is 1.25. The minimum atomic E-state index is -3.94. The average molecular weight is 419 g/mol. The molecule has 0 fully saturated rings. The topological polar surface area (TPSA) is 149 Å². The second-order valence-corrected chi connectivity index (χ2v) is 8.26. The van der Waals surface area contributed by atoms with Crippen LogP contribution in [0.1, 0.15) is 20.7 Å². The lowest BCUT2D eigenvalue weighted by atomic mass is 10.2. The third-order valence-electron chi connectivity index (χ3n) is 3.42. The average Bonchev–Trinajstić information content (AvgIpc) is 3.15. The van der Waals surface area contributed by atoms with Crippen LogP contribution in [0.5, 0.6) is 11.6 Å². The SMILES string of the molecule is NC(=O)c1cccc(Oc2ccc(NS(=O)(=O)c3cc(C(=O)O)cs3)cn2)c1. The highest BCUT2D eigenvalue weighted by Crippen LogP contribution is 2.25. The highest BCUT2D eigenvalue weighted by molar-refractivity contribution is 7.94. The van der Waals surface area contributed by atoms with Crippen LogP contribution in [0.3, 0.4) is 0 Å². The number of hydrogen-bond donors (Lipinski definition) is 3. The van der Waals surface area contributed by atoms with Crippen LogP contribution in [0.4, 0.5) is 5.69 Å². The van der Waals surface area contributed by atoms with E-state index in [1.54, 1.807) is 18.2 Å². The van der Waals surface area contributed by atoms with Crippen LogP contribution >= 0.6 is 11.3 Å². The number of ether oxygens (including phenoxy) is 1. The molecule has 0 radical (unpaired) electrons. The highest BCUT2D eigenvalue weighted by Gasteiger charge is 2.19. The van der Waals surface area contributed by atoms with Crippen molar-refractivity contribution >= 4 is 38.9 Å². The maximum Gasteiger partial charge on any atom is 0.336 e. The summed E-state index contributed by atoms with van der Waals surface area (Å²) in [4.78, 5) is 26.1. The Kier molecular flexibility index (Phi) is 5.29. The number of hydrogen-bond acceptors (Lipinski definition) is 7. The van der Waals surface area contributed by atoms with Gasteiger partial charge in [-0.2, -0.15) is 0 Å². The molecular weight excluding hydrogens is 406 g/mol. The van der Waals surface area contributed by atoms with E-state index in [0.717, 1.165) is 17.4 Å². The van der Waals surface area contributed by atoms with Gasteiger partial charge in [-0.25, -0.2) is 18.2 Å². The van der Waals surface area contributed by atoms with Gasteiger partial charge in [0.05, 0.1) is 17.4 Å². The van der Waals surface area contributed by atoms with E-state index in [1.807, 2.05) is 0 Å². The first-order valence-corrected chi connectivity index (χ1v) is 9.99. The molecule has 11 heteroatoms. The number of thiophene rings is 1. The molecule has 2 heterocycles. The van der Waals surface area contributed by atoms with E-state index in [2.05, 4.69) is 9.71 Å². The minimum Gasteiger partial charge on any atom is -0.478 e. The van der Waals surface area contributed by atoms with Crippen LogP contribution in [0.25, 0.3) is 0 Å². The van der Waals surface area contributed by atoms with Crippen molar-refractivity contribution in [2.75, 3.05) is 4.72 Å². The van der Waals surface area contributed by atoms with Gasteiger partial charge in [-0.1, -0.05) is 6.07 Å². The van der Waals surface area contributed by atoms with Crippen molar-refractivity contribution in [3.63, 3.8) is 0 Å². The van der Waals surface area contributed by atoms with Gasteiger partial charge in [0.25, 0.3) is 10.0 Å². The zero-order chi connectivity index (χ0) is 20.3. The number of carboxylic acids is 1. The fourth-order valence-corrected chi connectivity index (χ4v) is 4.31. The number of aromatic nitrogens is 1. The van der Waals surface area contributed by atoms with Crippen molar-refractivity contribution in [1.29, 1.82) is 0 Å². The number of carbonyl (C=O) groups excluding carboxylic acids is 1. The Morgan fingerprint density at radius 1 is 1.14 bits per heavy atom. The Morgan fingerprint density at radius 3 is 2.54 bits per heavy atom. The van der Waals surface area contributed by atoms with Gasteiger partial charge in [-0.15, -0.1) is 11.3 Å². The summed E-state index contributed by atoms with van der Waals surface area (Å²) >= 11 is 0.798. The number of sulfonamides is 1. The van der Waals surface area contributed by atoms with E-state index in [0.29, 0.717) is 5.75 Å².